The van der Waals surface area contributed by atoms with Crippen molar-refractivity contribution in [1.29, 1.82) is 0 Å². The van der Waals surface area contributed by atoms with Crippen LogP contribution in [0.2, 0.25) is 0 Å². The normalized spacial score (nSPS) is 31.1. The van der Waals surface area contributed by atoms with E-state index in [-0.39, 0.29) is 5.60 Å². The molecule has 2 fully saturated rings. The highest BCUT2D eigenvalue weighted by Gasteiger charge is 2.42. The lowest BCUT2D eigenvalue weighted by Crippen LogP contribution is -2.53. The van der Waals surface area contributed by atoms with Gasteiger partial charge in [-0.15, -0.1) is 0 Å². The van der Waals surface area contributed by atoms with Gasteiger partial charge >= 0.3 is 0 Å². The Hall–Kier alpha value is -1.07. The van der Waals surface area contributed by atoms with Crippen molar-refractivity contribution in [3.63, 3.8) is 0 Å². The number of aromatic nitrogens is 2. The van der Waals surface area contributed by atoms with Crippen molar-refractivity contribution in [2.45, 2.75) is 50.7 Å². The summed E-state index contributed by atoms with van der Waals surface area (Å²) >= 11 is 0. The summed E-state index contributed by atoms with van der Waals surface area (Å²) in [6.45, 7) is 4.11. The lowest BCUT2D eigenvalue weighted by molar-refractivity contribution is -0.0954. The van der Waals surface area contributed by atoms with Crippen LogP contribution in [0, 0.1) is 5.92 Å². The summed E-state index contributed by atoms with van der Waals surface area (Å²) in [7, 11) is 0. The van der Waals surface area contributed by atoms with Crippen LogP contribution in [0.3, 0.4) is 0 Å². The van der Waals surface area contributed by atoms with Crippen LogP contribution < -0.4 is 5.73 Å². The fraction of sp³-hybridized carbons (Fsp3) is 0.800. The molecule has 0 bridgehead atoms. The summed E-state index contributed by atoms with van der Waals surface area (Å²) in [5.74, 6) is 1.08. The van der Waals surface area contributed by atoms with E-state index in [2.05, 4.69) is 10.00 Å². The molecule has 3 N–H and O–H groups in total. The van der Waals surface area contributed by atoms with Gasteiger partial charge in [-0.05, 0) is 38.3 Å². The van der Waals surface area contributed by atoms with E-state index in [1.807, 2.05) is 16.9 Å². The van der Waals surface area contributed by atoms with Crippen LogP contribution in [0.1, 0.15) is 38.5 Å². The molecule has 5 heteroatoms. The molecular weight excluding hydrogens is 252 g/mol. The molecular formula is C15H26N4O. The van der Waals surface area contributed by atoms with Gasteiger partial charge in [0.15, 0.2) is 0 Å². The van der Waals surface area contributed by atoms with Crippen molar-refractivity contribution in [3.05, 3.63) is 12.3 Å². The number of aliphatic hydroxyl groups is 1. The Morgan fingerprint density at radius 2 is 2.25 bits per heavy atom. The maximum atomic E-state index is 10.7. The van der Waals surface area contributed by atoms with Crippen LogP contribution in [0.5, 0.6) is 0 Å². The second-order valence-corrected chi connectivity index (χ2v) is 6.45. The molecule has 1 aromatic heterocycles. The molecule has 0 radical (unpaired) electrons. The molecule has 1 aliphatic heterocycles. The van der Waals surface area contributed by atoms with Gasteiger partial charge in [0.25, 0.3) is 0 Å². The Morgan fingerprint density at radius 3 is 3.05 bits per heavy atom. The summed E-state index contributed by atoms with van der Waals surface area (Å²) in [5, 5.41) is 14.9. The first kappa shape index (κ1) is 13.9. The average molecular weight is 278 g/mol. The number of anilines is 1. The number of nitrogens with two attached hydrogens (primary N) is 1. The third-order valence-electron chi connectivity index (χ3n) is 5.03. The number of rotatable bonds is 4. The van der Waals surface area contributed by atoms with Crippen LogP contribution in [-0.4, -0.2) is 45.0 Å². The van der Waals surface area contributed by atoms with E-state index in [9.17, 15) is 5.11 Å². The van der Waals surface area contributed by atoms with Crippen molar-refractivity contribution >= 4 is 5.82 Å². The molecule has 1 saturated heterocycles. The van der Waals surface area contributed by atoms with Crippen molar-refractivity contribution in [2.24, 2.45) is 5.92 Å². The molecule has 1 aliphatic carbocycles. The minimum Gasteiger partial charge on any atom is -0.390 e. The third-order valence-corrected chi connectivity index (χ3v) is 5.03. The monoisotopic (exact) mass is 278 g/mol. The summed E-state index contributed by atoms with van der Waals surface area (Å²) in [6, 6.07) is 1.84. The third kappa shape index (κ3) is 2.99. The molecule has 112 valence electrons. The summed E-state index contributed by atoms with van der Waals surface area (Å²) < 4.78 is 1.91. The van der Waals surface area contributed by atoms with Crippen LogP contribution >= 0.6 is 0 Å². The number of aryl methyl sites for hydroxylation is 1. The van der Waals surface area contributed by atoms with Gasteiger partial charge in [0.1, 0.15) is 5.82 Å². The van der Waals surface area contributed by atoms with Crippen LogP contribution in [0.15, 0.2) is 12.3 Å². The molecule has 0 aromatic carbocycles. The molecule has 1 aromatic rings. The number of fused-ring (bicyclic) bond motifs is 1. The van der Waals surface area contributed by atoms with Crippen molar-refractivity contribution in [1.82, 2.24) is 14.7 Å². The Morgan fingerprint density at radius 1 is 1.35 bits per heavy atom. The first-order valence-corrected chi connectivity index (χ1v) is 7.89. The van der Waals surface area contributed by atoms with Gasteiger partial charge in [-0.1, -0.05) is 12.8 Å². The summed E-state index contributed by atoms with van der Waals surface area (Å²) in [4.78, 5) is 2.51. The number of nitrogens with zero attached hydrogens (tertiary/aromatic N) is 3. The fourth-order valence-electron chi connectivity index (χ4n) is 3.80. The second-order valence-electron chi connectivity index (χ2n) is 6.45. The highest BCUT2D eigenvalue weighted by atomic mass is 16.3. The SMILES string of the molecule is Nc1ccn(CCCN2CCC3(O)CCCCC3C2)n1. The predicted molar refractivity (Wildman–Crippen MR) is 79.2 cm³/mol. The quantitative estimate of drug-likeness (QED) is 0.875. The van der Waals surface area contributed by atoms with E-state index in [1.54, 1.807) is 0 Å². The minimum atomic E-state index is -0.356. The highest BCUT2D eigenvalue weighted by Crippen LogP contribution is 2.39. The first-order valence-electron chi connectivity index (χ1n) is 7.89. The van der Waals surface area contributed by atoms with Gasteiger partial charge in [0.05, 0.1) is 5.60 Å². The molecule has 20 heavy (non-hydrogen) atoms. The maximum Gasteiger partial charge on any atom is 0.145 e. The summed E-state index contributed by atoms with van der Waals surface area (Å²) in [5.41, 5.74) is 5.25. The van der Waals surface area contributed by atoms with Gasteiger partial charge < -0.3 is 15.7 Å². The van der Waals surface area contributed by atoms with Crippen LogP contribution in [0.4, 0.5) is 5.82 Å². The van der Waals surface area contributed by atoms with Crippen molar-refractivity contribution in [3.8, 4) is 0 Å². The topological polar surface area (TPSA) is 67.3 Å². The minimum absolute atomic E-state index is 0.356. The van der Waals surface area contributed by atoms with Gasteiger partial charge in [-0.25, -0.2) is 0 Å². The number of piperidine rings is 1. The zero-order valence-electron chi connectivity index (χ0n) is 12.2. The zero-order chi connectivity index (χ0) is 14.0. The molecule has 0 amide bonds. The van der Waals surface area contributed by atoms with E-state index in [1.165, 1.54) is 19.3 Å². The maximum absolute atomic E-state index is 10.7. The number of likely N-dealkylation sites (tertiary alicyclic amines) is 1. The van der Waals surface area contributed by atoms with Gasteiger partial charge in [-0.3, -0.25) is 4.68 Å². The Balaban J connectivity index is 1.45. The molecule has 3 rings (SSSR count). The predicted octanol–water partition coefficient (Wildman–Crippen LogP) is 1.48. The smallest absolute Gasteiger partial charge is 0.145 e. The van der Waals surface area contributed by atoms with Crippen LogP contribution in [-0.2, 0) is 6.54 Å². The molecule has 2 heterocycles. The molecule has 1 saturated carbocycles. The highest BCUT2D eigenvalue weighted by molar-refractivity contribution is 5.23. The Kier molecular flexibility index (Phi) is 3.98. The van der Waals surface area contributed by atoms with Crippen molar-refractivity contribution < 1.29 is 5.11 Å². The molecule has 0 spiro atoms. The van der Waals surface area contributed by atoms with Gasteiger partial charge in [0.2, 0.25) is 0 Å². The Labute approximate surface area is 120 Å². The molecule has 2 aliphatic rings. The average Bonchev–Trinajstić information content (AvgIpc) is 2.84. The van der Waals surface area contributed by atoms with E-state index in [4.69, 9.17) is 5.73 Å². The number of nitrogen functional groups attached to an aromatic ring is 1. The Bertz CT molecular complexity index is 447. The van der Waals surface area contributed by atoms with Gasteiger partial charge in [-0.2, -0.15) is 5.10 Å². The van der Waals surface area contributed by atoms with E-state index >= 15 is 0 Å². The molecule has 5 nitrogen and oxygen atoms in total. The number of hydrogen-bond donors (Lipinski definition) is 2. The zero-order valence-corrected chi connectivity index (χ0v) is 12.2. The number of hydrogen-bond acceptors (Lipinski definition) is 4. The van der Waals surface area contributed by atoms with E-state index in [0.717, 1.165) is 45.4 Å². The largest absolute Gasteiger partial charge is 0.390 e. The van der Waals surface area contributed by atoms with E-state index < -0.39 is 0 Å². The lowest BCUT2D eigenvalue weighted by Gasteiger charge is -2.47. The van der Waals surface area contributed by atoms with Crippen LogP contribution in [0.25, 0.3) is 0 Å². The fourth-order valence-corrected chi connectivity index (χ4v) is 3.80. The second kappa shape index (κ2) is 5.74. The van der Waals surface area contributed by atoms with Gasteiger partial charge in [0, 0.05) is 31.7 Å². The van der Waals surface area contributed by atoms with Crippen molar-refractivity contribution in [2.75, 3.05) is 25.4 Å². The first-order chi connectivity index (χ1) is 9.66. The van der Waals surface area contributed by atoms with E-state index in [0.29, 0.717) is 11.7 Å². The molecule has 2 atom stereocenters. The lowest BCUT2D eigenvalue weighted by atomic mass is 9.71. The summed E-state index contributed by atoms with van der Waals surface area (Å²) in [6.07, 6.45) is 8.67. The standard InChI is InChI=1S/C15H26N4O/c16-14-5-10-19(17-14)9-3-8-18-11-7-15(20)6-2-1-4-13(15)12-18/h5,10,13,20H,1-4,6-9,11-12H2,(H2,16,17). The molecule has 2 unspecified atom stereocenters.